The standard InChI is InChI=1S/C8H7F3O.C8H7F3.C8H10O.C8H10S.C8H10.2C7H7Cl.C7H8.C5H5FN2.C5H6N2/c1-6-2-4-7(5-3-6)12-8(9,10)11;1-6-2-4-7(5-3-6)8(9,10)11;2*1-7-3-5-8(9-2)6-4-7;1-7-3-5-8(2)6-4-7;1-6-2-4-7(8)5-3-6;1-6-3-2-4-7(8)5-6;1-7-5-3-2-4-6-7;1-4-7-2-5(6)3-8-4;1-5-6-3-2-4-7-5/h2-5H,1H3;2-5H,1H3;2*3-6H,1-2H3;3-6H,1-2H3;2*2-5H,1H3;2-6H,1H3;2-3H,1H3;2-4H,1H3. The topological polar surface area (TPSA) is 70.0 Å². The van der Waals surface area contributed by atoms with Crippen LogP contribution in [0.1, 0.15) is 67.3 Å². The summed E-state index contributed by atoms with van der Waals surface area (Å²) in [4.78, 5) is 16.3. The van der Waals surface area contributed by atoms with Crippen molar-refractivity contribution >= 4 is 35.0 Å². The van der Waals surface area contributed by atoms with Crippen LogP contribution in [-0.4, -0.2) is 39.7 Å². The molecule has 0 spiro atoms. The summed E-state index contributed by atoms with van der Waals surface area (Å²) in [6, 6.07) is 63.3. The molecule has 6 nitrogen and oxygen atoms in total. The molecule has 0 unspecified atom stereocenters. The molecule has 0 fully saturated rings. The van der Waals surface area contributed by atoms with Gasteiger partial charge in [0.25, 0.3) is 0 Å². The van der Waals surface area contributed by atoms with Crippen LogP contribution in [0.2, 0.25) is 10.0 Å². The molecule has 10 aromatic rings. The molecule has 0 aliphatic heterocycles. The lowest BCUT2D eigenvalue weighted by molar-refractivity contribution is -0.274. The van der Waals surface area contributed by atoms with E-state index in [4.69, 9.17) is 27.9 Å². The maximum atomic E-state index is 12.0. The SMILES string of the molecule is COc1ccc(C)cc1.CSc1ccc(C)cc1.Cc1ccc(C(F)(F)F)cc1.Cc1ccc(C)cc1.Cc1ccc(Cl)cc1.Cc1ccc(OC(F)(F)F)cc1.Cc1cccc(Cl)c1.Cc1ccccc1.Cc1ncc(F)cn1.Cc1ncccn1. The third-order valence-corrected chi connectivity index (χ3v) is 12.0. The van der Waals surface area contributed by atoms with Gasteiger partial charge in [-0.15, -0.1) is 24.9 Å². The second-order valence-corrected chi connectivity index (χ2v) is 20.7. The minimum absolute atomic E-state index is 0.187. The molecule has 462 valence electrons. The Hall–Kier alpha value is -8.04. The van der Waals surface area contributed by atoms with Crippen molar-refractivity contribution in [2.75, 3.05) is 13.4 Å². The number of nitrogens with zero attached hydrogens (tertiary/aromatic N) is 4. The van der Waals surface area contributed by atoms with Gasteiger partial charge < -0.3 is 9.47 Å². The van der Waals surface area contributed by atoms with Crippen LogP contribution in [0.5, 0.6) is 11.5 Å². The molecule has 0 aliphatic rings. The summed E-state index contributed by atoms with van der Waals surface area (Å²) in [6.07, 6.45) is -0.997. The molecule has 10 rings (SSSR count). The molecule has 0 N–H and O–H groups in total. The first kappa shape index (κ1) is 77.0. The van der Waals surface area contributed by atoms with E-state index in [9.17, 15) is 30.7 Å². The van der Waals surface area contributed by atoms with Crippen molar-refractivity contribution in [2.45, 2.75) is 93.6 Å². The van der Waals surface area contributed by atoms with Gasteiger partial charge in [-0.25, -0.2) is 24.3 Å². The average Bonchev–Trinajstić information content (AvgIpc) is 3.67. The van der Waals surface area contributed by atoms with E-state index in [0.717, 1.165) is 57.3 Å². The Morgan fingerprint density at radius 1 is 0.379 bits per heavy atom. The zero-order valence-electron chi connectivity index (χ0n) is 51.4. The Labute approximate surface area is 524 Å². The van der Waals surface area contributed by atoms with E-state index in [-0.39, 0.29) is 5.75 Å². The first-order valence-electron chi connectivity index (χ1n) is 26.9. The number of aryl methyl sites for hydroxylation is 11. The fraction of sp³-hybridized carbons (Fsp3) is 0.211. The van der Waals surface area contributed by atoms with Crippen LogP contribution in [0, 0.1) is 82.0 Å². The Balaban J connectivity index is 0.000000485. The highest BCUT2D eigenvalue weighted by atomic mass is 35.5. The summed E-state index contributed by atoms with van der Waals surface area (Å²) >= 11 is 13.0. The van der Waals surface area contributed by atoms with Crippen molar-refractivity contribution in [2.24, 2.45) is 0 Å². The molecule has 0 radical (unpaired) electrons. The number of halogens is 9. The molecule has 2 aromatic heterocycles. The number of ether oxygens (including phenoxy) is 2. The van der Waals surface area contributed by atoms with Crippen LogP contribution < -0.4 is 9.47 Å². The lowest BCUT2D eigenvalue weighted by Crippen LogP contribution is -2.16. The van der Waals surface area contributed by atoms with Gasteiger partial charge >= 0.3 is 12.5 Å². The highest BCUT2D eigenvalue weighted by molar-refractivity contribution is 7.98. The zero-order chi connectivity index (χ0) is 65.2. The van der Waals surface area contributed by atoms with E-state index in [2.05, 4.69) is 126 Å². The Morgan fingerprint density at radius 3 is 1.03 bits per heavy atom. The fourth-order valence-electron chi connectivity index (χ4n) is 5.89. The van der Waals surface area contributed by atoms with E-state index in [0.29, 0.717) is 5.82 Å². The summed E-state index contributed by atoms with van der Waals surface area (Å²) in [6.45, 7) is 21.6. The van der Waals surface area contributed by atoms with Crippen molar-refractivity contribution in [3.63, 3.8) is 0 Å². The predicted octanol–water partition coefficient (Wildman–Crippen LogP) is 21.9. The van der Waals surface area contributed by atoms with Crippen LogP contribution >= 0.6 is 35.0 Å². The summed E-state index contributed by atoms with van der Waals surface area (Å²) in [5.41, 5.74) is 10.1. The molecule has 0 amide bonds. The summed E-state index contributed by atoms with van der Waals surface area (Å²) in [5, 5.41) is 1.61. The highest BCUT2D eigenvalue weighted by Gasteiger charge is 2.31. The number of rotatable bonds is 3. The molecule has 87 heavy (non-hydrogen) atoms. The van der Waals surface area contributed by atoms with Gasteiger partial charge in [0.05, 0.1) is 25.1 Å². The second kappa shape index (κ2) is 43.6. The van der Waals surface area contributed by atoms with Gasteiger partial charge in [-0.3, -0.25) is 0 Å². The molecule has 0 saturated heterocycles. The minimum Gasteiger partial charge on any atom is -0.497 e. The lowest BCUT2D eigenvalue weighted by Gasteiger charge is -2.08. The average molecular weight is 1250 g/mol. The Bertz CT molecular complexity index is 3040. The first-order chi connectivity index (χ1) is 41.1. The van der Waals surface area contributed by atoms with Crippen LogP contribution in [0.3, 0.4) is 0 Å². The molecule has 0 atom stereocenters. The van der Waals surface area contributed by atoms with Gasteiger partial charge in [-0.05, 0) is 167 Å². The van der Waals surface area contributed by atoms with E-state index >= 15 is 0 Å². The zero-order valence-corrected chi connectivity index (χ0v) is 53.7. The van der Waals surface area contributed by atoms with Crippen LogP contribution in [0.15, 0.2) is 236 Å². The van der Waals surface area contributed by atoms with E-state index in [1.165, 1.54) is 68.1 Å². The number of alkyl halides is 6. The normalized spacial score (nSPS) is 9.77. The molecule has 16 heteroatoms. The molecule has 0 aliphatic carbocycles. The van der Waals surface area contributed by atoms with Crippen molar-refractivity contribution in [1.82, 2.24) is 19.9 Å². The number of aromatic nitrogens is 4. The van der Waals surface area contributed by atoms with Gasteiger partial charge in [0, 0.05) is 27.3 Å². The molecule has 2 heterocycles. The number of hydrogen-bond donors (Lipinski definition) is 0. The van der Waals surface area contributed by atoms with E-state index in [1.54, 1.807) is 70.2 Å². The second-order valence-electron chi connectivity index (χ2n) is 18.9. The maximum absolute atomic E-state index is 12.0. The number of thioether (sulfide) groups is 1. The quantitative estimate of drug-likeness (QED) is 0.129. The minimum atomic E-state index is -4.60. The molecule has 0 bridgehead atoms. The molecule has 8 aromatic carbocycles. The largest absolute Gasteiger partial charge is 0.573 e. The van der Waals surface area contributed by atoms with Crippen molar-refractivity contribution in [1.29, 1.82) is 0 Å². The lowest BCUT2D eigenvalue weighted by atomic mass is 10.1. The van der Waals surface area contributed by atoms with Crippen molar-refractivity contribution in [3.05, 3.63) is 314 Å². The van der Waals surface area contributed by atoms with Gasteiger partial charge in [0.2, 0.25) is 0 Å². The maximum Gasteiger partial charge on any atom is 0.573 e. The fourth-order valence-corrected chi connectivity index (χ4v) is 6.67. The smallest absolute Gasteiger partial charge is 0.497 e. The van der Waals surface area contributed by atoms with E-state index < -0.39 is 23.9 Å². The van der Waals surface area contributed by atoms with E-state index in [1.807, 2.05) is 112 Å². The molecule has 0 saturated carbocycles. The van der Waals surface area contributed by atoms with Gasteiger partial charge in [-0.2, -0.15) is 13.2 Å². The Morgan fingerprint density at radius 2 is 0.736 bits per heavy atom. The molecular formula is C71H77Cl2F7N4O2S. The third kappa shape index (κ3) is 42.4. The number of methoxy groups -OCH3 is 1. The Kier molecular flexibility index (Phi) is 38.5. The number of benzene rings is 8. The predicted molar refractivity (Wildman–Crippen MR) is 348 cm³/mol. The first-order valence-corrected chi connectivity index (χ1v) is 28.9. The third-order valence-electron chi connectivity index (χ3n) is 10.7. The highest BCUT2D eigenvalue weighted by Crippen LogP contribution is 2.29. The molecular weight excluding hydrogens is 1180 g/mol. The number of hydrogen-bond acceptors (Lipinski definition) is 7. The van der Waals surface area contributed by atoms with Crippen molar-refractivity contribution < 1.29 is 40.2 Å². The van der Waals surface area contributed by atoms with Crippen LogP contribution in [-0.2, 0) is 6.18 Å². The van der Waals surface area contributed by atoms with Crippen LogP contribution in [0.25, 0.3) is 0 Å². The summed E-state index contributed by atoms with van der Waals surface area (Å²) in [7, 11) is 1.67. The van der Waals surface area contributed by atoms with Crippen molar-refractivity contribution in [3.8, 4) is 11.5 Å². The monoisotopic (exact) mass is 1250 g/mol. The van der Waals surface area contributed by atoms with Gasteiger partial charge in [0.1, 0.15) is 23.1 Å². The van der Waals surface area contributed by atoms with Gasteiger partial charge in [0.15, 0.2) is 5.82 Å². The summed E-state index contributed by atoms with van der Waals surface area (Å²) in [5.74, 6) is 1.75. The van der Waals surface area contributed by atoms with Crippen LogP contribution in [0.4, 0.5) is 30.7 Å². The van der Waals surface area contributed by atoms with Gasteiger partial charge in [-0.1, -0.05) is 195 Å². The summed E-state index contributed by atoms with van der Waals surface area (Å²) < 4.78 is 91.2.